The molecule has 108 valence electrons. The van der Waals surface area contributed by atoms with Gasteiger partial charge in [0.1, 0.15) is 5.69 Å². The average molecular weight is 275 g/mol. The summed E-state index contributed by atoms with van der Waals surface area (Å²) in [6, 6.07) is 5.36. The predicted molar refractivity (Wildman–Crippen MR) is 77.6 cm³/mol. The van der Waals surface area contributed by atoms with Crippen molar-refractivity contribution in [3.05, 3.63) is 42.0 Å². The van der Waals surface area contributed by atoms with Gasteiger partial charge in [-0.15, -0.1) is 0 Å². The van der Waals surface area contributed by atoms with Crippen LogP contribution in [0.5, 0.6) is 5.75 Å². The van der Waals surface area contributed by atoms with Crippen molar-refractivity contribution in [3.63, 3.8) is 0 Å². The van der Waals surface area contributed by atoms with E-state index in [0.29, 0.717) is 5.75 Å². The zero-order valence-corrected chi connectivity index (χ0v) is 12.2. The fraction of sp³-hybridized carbons (Fsp3) is 0.429. The molecule has 0 saturated heterocycles. The minimum atomic E-state index is -0.351. The Kier molecular flexibility index (Phi) is 4.70. The van der Waals surface area contributed by atoms with Crippen LogP contribution in [0, 0.1) is 0 Å². The monoisotopic (exact) mass is 275 g/mol. The molecule has 2 N–H and O–H groups in total. The number of methoxy groups -OCH3 is 1. The third-order valence-electron chi connectivity index (χ3n) is 3.12. The molecule has 0 spiro atoms. The molecule has 0 saturated carbocycles. The lowest BCUT2D eigenvalue weighted by Crippen LogP contribution is -2.24. The van der Waals surface area contributed by atoms with Gasteiger partial charge in [-0.25, -0.2) is 0 Å². The molecule has 1 atom stereocenters. The van der Waals surface area contributed by atoms with Gasteiger partial charge in [-0.05, 0) is 26.2 Å². The van der Waals surface area contributed by atoms with Crippen LogP contribution in [-0.4, -0.2) is 47.4 Å². The van der Waals surface area contributed by atoms with E-state index in [1.807, 2.05) is 37.0 Å². The van der Waals surface area contributed by atoms with E-state index < -0.39 is 0 Å². The summed E-state index contributed by atoms with van der Waals surface area (Å²) in [6.07, 6.45) is 3.44. The highest BCUT2D eigenvalue weighted by molar-refractivity contribution is 5.33. The van der Waals surface area contributed by atoms with E-state index in [9.17, 15) is 0 Å². The summed E-state index contributed by atoms with van der Waals surface area (Å²) in [5.74, 6) is 0.696. The van der Waals surface area contributed by atoms with Crippen LogP contribution in [0.3, 0.4) is 0 Å². The van der Waals surface area contributed by atoms with Crippen molar-refractivity contribution >= 4 is 0 Å². The van der Waals surface area contributed by atoms with Crippen molar-refractivity contribution in [2.45, 2.75) is 12.6 Å². The summed E-state index contributed by atoms with van der Waals surface area (Å²) in [5.41, 5.74) is 7.99. The second-order valence-electron chi connectivity index (χ2n) is 4.86. The molecule has 0 bridgehead atoms. The lowest BCUT2D eigenvalue weighted by molar-refractivity contribution is 0.363. The van der Waals surface area contributed by atoms with Crippen LogP contribution in [0.1, 0.15) is 17.4 Å². The van der Waals surface area contributed by atoms with Crippen molar-refractivity contribution in [1.82, 2.24) is 19.7 Å². The van der Waals surface area contributed by atoms with Crippen molar-refractivity contribution in [3.8, 4) is 5.75 Å². The molecule has 0 aromatic carbocycles. The lowest BCUT2D eigenvalue weighted by atomic mass is 10.1. The first-order chi connectivity index (χ1) is 9.63. The first-order valence-electron chi connectivity index (χ1n) is 6.54. The summed E-state index contributed by atoms with van der Waals surface area (Å²) in [5, 5.41) is 4.36. The number of nitrogens with two attached hydrogens (primary N) is 1. The highest BCUT2D eigenvalue weighted by Gasteiger charge is 2.21. The minimum Gasteiger partial charge on any atom is -0.493 e. The maximum Gasteiger partial charge on any atom is 0.161 e. The molecule has 0 aliphatic carbocycles. The highest BCUT2D eigenvalue weighted by Crippen LogP contribution is 2.27. The van der Waals surface area contributed by atoms with Crippen molar-refractivity contribution in [2.24, 2.45) is 5.73 Å². The Balaban J connectivity index is 2.30. The number of nitrogens with zero attached hydrogens (tertiary/aromatic N) is 4. The first kappa shape index (κ1) is 14.5. The summed E-state index contributed by atoms with van der Waals surface area (Å²) < 4.78 is 7.26. The third kappa shape index (κ3) is 3.15. The highest BCUT2D eigenvalue weighted by atomic mass is 16.5. The van der Waals surface area contributed by atoms with Gasteiger partial charge in [0.15, 0.2) is 5.75 Å². The number of hydrogen-bond donors (Lipinski definition) is 1. The van der Waals surface area contributed by atoms with Crippen LogP contribution in [0.15, 0.2) is 30.6 Å². The molecular formula is C14H21N5O. The Morgan fingerprint density at radius 1 is 1.40 bits per heavy atom. The molecule has 0 fully saturated rings. The maximum absolute atomic E-state index is 6.33. The largest absolute Gasteiger partial charge is 0.493 e. The van der Waals surface area contributed by atoms with Crippen LogP contribution in [-0.2, 0) is 6.54 Å². The Hall–Kier alpha value is -1.92. The first-order valence-corrected chi connectivity index (χ1v) is 6.54. The number of likely N-dealkylation sites (N-methyl/N-ethyl adjacent to an activating group) is 1. The molecule has 1 unspecified atom stereocenters. The molecule has 0 amide bonds. The van der Waals surface area contributed by atoms with E-state index in [1.54, 1.807) is 19.5 Å². The van der Waals surface area contributed by atoms with Gasteiger partial charge < -0.3 is 15.4 Å². The Bertz CT molecular complexity index is 538. The van der Waals surface area contributed by atoms with Gasteiger partial charge in [0, 0.05) is 12.7 Å². The molecule has 2 heterocycles. The maximum atomic E-state index is 6.33. The molecule has 0 aliphatic heterocycles. The summed E-state index contributed by atoms with van der Waals surface area (Å²) in [6.45, 7) is 1.64. The number of rotatable bonds is 6. The van der Waals surface area contributed by atoms with E-state index in [4.69, 9.17) is 10.5 Å². The second-order valence-corrected chi connectivity index (χ2v) is 4.86. The van der Waals surface area contributed by atoms with Crippen molar-refractivity contribution in [1.29, 1.82) is 0 Å². The van der Waals surface area contributed by atoms with E-state index in [2.05, 4.69) is 15.0 Å². The summed E-state index contributed by atoms with van der Waals surface area (Å²) >= 11 is 0. The van der Waals surface area contributed by atoms with Crippen LogP contribution >= 0.6 is 0 Å². The van der Waals surface area contributed by atoms with E-state index in [1.165, 1.54) is 0 Å². The lowest BCUT2D eigenvalue weighted by Gasteiger charge is -2.17. The molecule has 0 aliphatic rings. The van der Waals surface area contributed by atoms with Gasteiger partial charge in [-0.2, -0.15) is 5.10 Å². The molecular weight excluding hydrogens is 254 g/mol. The van der Waals surface area contributed by atoms with E-state index in [-0.39, 0.29) is 6.04 Å². The second kappa shape index (κ2) is 6.49. The molecule has 2 aromatic heterocycles. The molecule has 2 rings (SSSR count). The van der Waals surface area contributed by atoms with Gasteiger partial charge in [0.25, 0.3) is 0 Å². The smallest absolute Gasteiger partial charge is 0.161 e. The summed E-state index contributed by atoms with van der Waals surface area (Å²) in [4.78, 5) is 6.42. The fourth-order valence-electron chi connectivity index (χ4n) is 2.02. The number of ether oxygens (including phenoxy) is 1. The quantitative estimate of drug-likeness (QED) is 0.848. The third-order valence-corrected chi connectivity index (χ3v) is 3.12. The molecule has 20 heavy (non-hydrogen) atoms. The van der Waals surface area contributed by atoms with Crippen LogP contribution in [0.2, 0.25) is 0 Å². The minimum absolute atomic E-state index is 0.351. The van der Waals surface area contributed by atoms with Gasteiger partial charge in [0.05, 0.1) is 31.6 Å². The van der Waals surface area contributed by atoms with Gasteiger partial charge in [-0.1, -0.05) is 6.07 Å². The van der Waals surface area contributed by atoms with E-state index >= 15 is 0 Å². The normalized spacial score (nSPS) is 12.7. The Labute approximate surface area is 119 Å². The van der Waals surface area contributed by atoms with Crippen molar-refractivity contribution < 1.29 is 4.74 Å². The predicted octanol–water partition coefficient (Wildman–Crippen LogP) is 0.896. The topological polar surface area (TPSA) is 69.2 Å². The molecule has 6 heteroatoms. The standard InChI is InChI=1S/C14H21N5O/c1-18(2)8-9-19-14(12(20-3)10-17-19)13(15)11-6-4-5-7-16-11/h4-7,10,13H,8-9,15H2,1-3H3. The zero-order chi connectivity index (χ0) is 14.5. The van der Waals surface area contributed by atoms with Crippen LogP contribution < -0.4 is 10.5 Å². The average Bonchev–Trinajstić information content (AvgIpc) is 2.88. The zero-order valence-electron chi connectivity index (χ0n) is 12.2. The van der Waals surface area contributed by atoms with Crippen molar-refractivity contribution in [2.75, 3.05) is 27.7 Å². The Morgan fingerprint density at radius 3 is 2.80 bits per heavy atom. The van der Waals surface area contributed by atoms with Crippen LogP contribution in [0.4, 0.5) is 0 Å². The number of pyridine rings is 1. The summed E-state index contributed by atoms with van der Waals surface area (Å²) in [7, 11) is 5.68. The van der Waals surface area contributed by atoms with Gasteiger partial charge in [0.2, 0.25) is 0 Å². The van der Waals surface area contributed by atoms with Gasteiger partial charge in [-0.3, -0.25) is 9.67 Å². The molecule has 2 aromatic rings. The molecule has 6 nitrogen and oxygen atoms in total. The molecule has 0 radical (unpaired) electrons. The van der Waals surface area contributed by atoms with E-state index in [0.717, 1.165) is 24.5 Å². The van der Waals surface area contributed by atoms with Gasteiger partial charge >= 0.3 is 0 Å². The number of hydrogen-bond acceptors (Lipinski definition) is 5. The number of aromatic nitrogens is 3. The van der Waals surface area contributed by atoms with Crippen LogP contribution in [0.25, 0.3) is 0 Å². The SMILES string of the molecule is COc1cnn(CCN(C)C)c1C(N)c1ccccn1. The fourth-order valence-corrected chi connectivity index (χ4v) is 2.02. The Morgan fingerprint density at radius 2 is 2.20 bits per heavy atom.